The van der Waals surface area contributed by atoms with Gasteiger partial charge in [0.2, 0.25) is 0 Å². The van der Waals surface area contributed by atoms with E-state index in [4.69, 9.17) is 0 Å². The van der Waals surface area contributed by atoms with Gasteiger partial charge in [-0.15, -0.1) is 0 Å². The second-order valence-electron chi connectivity index (χ2n) is 12.3. The van der Waals surface area contributed by atoms with Gasteiger partial charge in [0, 0.05) is 17.5 Å². The van der Waals surface area contributed by atoms with Crippen LogP contribution in [0, 0.1) is 5.92 Å². The molecule has 44 heavy (non-hydrogen) atoms. The molecule has 1 atom stereocenters. The maximum absolute atomic E-state index is 4.64. The van der Waals surface area contributed by atoms with Gasteiger partial charge in [0.1, 0.15) is 0 Å². The van der Waals surface area contributed by atoms with Crippen LogP contribution in [0.1, 0.15) is 35.1 Å². The molecule has 0 N–H and O–H groups in total. The molecule has 1 nitrogen and oxygen atoms in total. The van der Waals surface area contributed by atoms with E-state index in [0.29, 0.717) is 5.92 Å². The van der Waals surface area contributed by atoms with Crippen molar-refractivity contribution in [3.8, 4) is 22.3 Å². The Kier molecular flexibility index (Phi) is 5.84. The van der Waals surface area contributed by atoms with Gasteiger partial charge >= 0.3 is 0 Å². The van der Waals surface area contributed by atoms with E-state index in [9.17, 15) is 0 Å². The van der Waals surface area contributed by atoms with Crippen molar-refractivity contribution in [2.75, 3.05) is 0 Å². The van der Waals surface area contributed by atoms with Crippen molar-refractivity contribution in [2.45, 2.75) is 19.3 Å². The van der Waals surface area contributed by atoms with Crippen molar-refractivity contribution in [1.29, 1.82) is 0 Å². The zero-order valence-electron chi connectivity index (χ0n) is 24.5. The number of pyridine rings is 1. The molecule has 0 aliphatic heterocycles. The third kappa shape index (κ3) is 4.12. The fourth-order valence-electron chi connectivity index (χ4n) is 7.65. The molecule has 208 valence electrons. The van der Waals surface area contributed by atoms with E-state index in [1.807, 2.05) is 12.3 Å². The van der Waals surface area contributed by atoms with E-state index in [2.05, 4.69) is 139 Å². The summed E-state index contributed by atoms with van der Waals surface area (Å²) in [5.74, 6) is 0.408. The molecular weight excluding hydrogens is 530 g/mol. The molecule has 5 aromatic rings. The van der Waals surface area contributed by atoms with Gasteiger partial charge in [-0.2, -0.15) is 0 Å². The number of rotatable bonds is 3. The monoisotopic (exact) mass is 561 g/mol. The van der Waals surface area contributed by atoms with Crippen molar-refractivity contribution < 1.29 is 0 Å². The average molecular weight is 562 g/mol. The first-order valence-corrected chi connectivity index (χ1v) is 15.7. The Balaban J connectivity index is 1.08. The minimum atomic E-state index is 0.408. The summed E-state index contributed by atoms with van der Waals surface area (Å²) >= 11 is 0. The molecule has 0 saturated carbocycles. The molecule has 0 fully saturated rings. The smallest absolute Gasteiger partial charge is 0.0708 e. The Morgan fingerprint density at radius 3 is 2.48 bits per heavy atom. The highest BCUT2D eigenvalue weighted by molar-refractivity contribution is 6.01. The maximum Gasteiger partial charge on any atom is 0.0708 e. The zero-order chi connectivity index (χ0) is 29.0. The number of aromatic nitrogens is 1. The van der Waals surface area contributed by atoms with Crippen LogP contribution in [0.25, 0.3) is 44.3 Å². The Morgan fingerprint density at radius 1 is 0.636 bits per heavy atom. The van der Waals surface area contributed by atoms with E-state index in [1.165, 1.54) is 77.8 Å². The van der Waals surface area contributed by atoms with E-state index in [-0.39, 0.29) is 0 Å². The number of benzene rings is 4. The topological polar surface area (TPSA) is 12.9 Å². The number of fused-ring (bicyclic) bond motifs is 6. The summed E-state index contributed by atoms with van der Waals surface area (Å²) in [6, 6.07) is 35.5. The molecule has 0 saturated heterocycles. The number of hydrogen-bond acceptors (Lipinski definition) is 1. The minimum Gasteiger partial charge on any atom is -0.256 e. The van der Waals surface area contributed by atoms with Crippen LogP contribution in [-0.4, -0.2) is 4.98 Å². The molecule has 0 amide bonds. The van der Waals surface area contributed by atoms with Crippen LogP contribution in [0.5, 0.6) is 0 Å². The van der Waals surface area contributed by atoms with E-state index in [1.54, 1.807) is 0 Å². The maximum atomic E-state index is 4.64. The molecule has 0 spiro atoms. The van der Waals surface area contributed by atoms with Crippen LogP contribution < -0.4 is 0 Å². The second-order valence-corrected chi connectivity index (χ2v) is 12.3. The Hall–Kier alpha value is -5.27. The standard InChI is InChI=1S/C43H31N/c1-2-7-28(8-3-1)29-14-15-30-16-17-31-18-19-32(26-40(31)36(30)23-22-29)33-20-21-34-25-35-9-4-11-39(43(35)41(34)27-33)37-10-5-13-42-38(37)12-6-24-44-42/h1-22,24,27,40H,23,25-26H2. The normalized spacial score (nSPS) is 18.1. The Bertz CT molecular complexity index is 2180. The second kappa shape index (κ2) is 10.2. The van der Waals surface area contributed by atoms with Crippen LogP contribution >= 0.6 is 0 Å². The van der Waals surface area contributed by atoms with Crippen molar-refractivity contribution in [1.82, 2.24) is 4.98 Å². The van der Waals surface area contributed by atoms with Gasteiger partial charge in [-0.3, -0.25) is 4.98 Å². The third-order valence-electron chi connectivity index (χ3n) is 9.86. The number of allylic oxidation sites excluding steroid dienone is 12. The van der Waals surface area contributed by atoms with Crippen LogP contribution in [-0.2, 0) is 6.42 Å². The lowest BCUT2D eigenvalue weighted by atomic mass is 9.74. The molecule has 1 heterocycles. The van der Waals surface area contributed by atoms with E-state index >= 15 is 0 Å². The molecule has 4 aromatic carbocycles. The first kappa shape index (κ1) is 25.2. The zero-order valence-corrected chi connectivity index (χ0v) is 24.5. The molecule has 1 aromatic heterocycles. The highest BCUT2D eigenvalue weighted by Gasteiger charge is 2.28. The van der Waals surface area contributed by atoms with E-state index < -0.39 is 0 Å². The lowest BCUT2D eigenvalue weighted by Crippen LogP contribution is -2.14. The molecular formula is C43H31N. The van der Waals surface area contributed by atoms with Gasteiger partial charge < -0.3 is 0 Å². The summed E-state index contributed by atoms with van der Waals surface area (Å²) in [7, 11) is 0. The van der Waals surface area contributed by atoms with Crippen molar-refractivity contribution >= 4 is 22.0 Å². The first-order chi connectivity index (χ1) is 21.8. The van der Waals surface area contributed by atoms with Crippen molar-refractivity contribution in [3.63, 3.8) is 0 Å². The van der Waals surface area contributed by atoms with Gasteiger partial charge in [0.25, 0.3) is 0 Å². The first-order valence-electron chi connectivity index (χ1n) is 15.7. The summed E-state index contributed by atoms with van der Waals surface area (Å²) in [5, 5.41) is 1.21. The molecule has 9 rings (SSSR count). The van der Waals surface area contributed by atoms with Crippen LogP contribution in [0.15, 0.2) is 163 Å². The summed E-state index contributed by atoms with van der Waals surface area (Å²) in [6.45, 7) is 0. The lowest BCUT2D eigenvalue weighted by Gasteiger charge is -2.30. The molecule has 4 aliphatic carbocycles. The third-order valence-corrected chi connectivity index (χ3v) is 9.86. The lowest BCUT2D eigenvalue weighted by molar-refractivity contribution is 0.716. The number of nitrogens with zero attached hydrogens (tertiary/aromatic N) is 1. The molecule has 0 radical (unpaired) electrons. The summed E-state index contributed by atoms with van der Waals surface area (Å²) < 4.78 is 0. The highest BCUT2D eigenvalue weighted by Crippen LogP contribution is 2.47. The summed E-state index contributed by atoms with van der Waals surface area (Å²) in [6.07, 6.45) is 21.3. The van der Waals surface area contributed by atoms with Gasteiger partial charge in [-0.1, -0.05) is 127 Å². The van der Waals surface area contributed by atoms with Crippen LogP contribution in [0.2, 0.25) is 0 Å². The average Bonchev–Trinajstić information content (AvgIpc) is 3.32. The fraction of sp³-hybridized carbons (Fsp3) is 0.0930. The molecule has 0 bridgehead atoms. The number of hydrogen-bond donors (Lipinski definition) is 0. The Morgan fingerprint density at radius 2 is 1.52 bits per heavy atom. The SMILES string of the molecule is C1=CC2=C(CC=C1c1ccccc1)C1CC(c3ccc4c(c3)-c3c(cccc3-c3cccc5ncccc35)C4)=CC=C1C=C2. The van der Waals surface area contributed by atoms with Gasteiger partial charge in [-0.05, 0) is 104 Å². The summed E-state index contributed by atoms with van der Waals surface area (Å²) in [4.78, 5) is 4.64. The fourth-order valence-corrected chi connectivity index (χ4v) is 7.65. The minimum absolute atomic E-state index is 0.408. The van der Waals surface area contributed by atoms with Crippen molar-refractivity contribution in [2.24, 2.45) is 5.92 Å². The van der Waals surface area contributed by atoms with Crippen LogP contribution in [0.3, 0.4) is 0 Å². The molecule has 4 aliphatic rings. The largest absolute Gasteiger partial charge is 0.256 e. The molecule has 1 unspecified atom stereocenters. The predicted molar refractivity (Wildman–Crippen MR) is 184 cm³/mol. The Labute approximate surface area is 258 Å². The predicted octanol–water partition coefficient (Wildman–Crippen LogP) is 10.7. The van der Waals surface area contributed by atoms with Gasteiger partial charge in [-0.25, -0.2) is 0 Å². The van der Waals surface area contributed by atoms with Crippen molar-refractivity contribution in [3.05, 3.63) is 185 Å². The van der Waals surface area contributed by atoms with Gasteiger partial charge in [0.05, 0.1) is 5.52 Å². The molecule has 1 heteroatoms. The highest BCUT2D eigenvalue weighted by atomic mass is 14.6. The quantitative estimate of drug-likeness (QED) is 0.209. The van der Waals surface area contributed by atoms with Gasteiger partial charge in [0.15, 0.2) is 0 Å². The van der Waals surface area contributed by atoms with E-state index in [0.717, 1.165) is 24.8 Å². The van der Waals surface area contributed by atoms with Crippen LogP contribution in [0.4, 0.5) is 0 Å². The summed E-state index contributed by atoms with van der Waals surface area (Å²) in [5.41, 5.74) is 18.9.